The number of nitro groups is 1. The van der Waals surface area contributed by atoms with Gasteiger partial charge in [-0.3, -0.25) is 10.1 Å². The van der Waals surface area contributed by atoms with Gasteiger partial charge < -0.3 is 4.42 Å². The van der Waals surface area contributed by atoms with Gasteiger partial charge in [-0.25, -0.2) is 8.42 Å². The summed E-state index contributed by atoms with van der Waals surface area (Å²) in [6, 6.07) is 5.54. The van der Waals surface area contributed by atoms with Crippen molar-refractivity contribution < 1.29 is 26.5 Å². The molecule has 8 nitrogen and oxygen atoms in total. The quantitative estimate of drug-likeness (QED) is 0.551. The van der Waals surface area contributed by atoms with Crippen molar-refractivity contribution >= 4 is 15.5 Å². The molecule has 1 aromatic carbocycles. The highest BCUT2D eigenvalue weighted by molar-refractivity contribution is 7.91. The third-order valence-electron chi connectivity index (χ3n) is 2.90. The number of non-ortho nitro benzene ring substituents is 1. The van der Waals surface area contributed by atoms with Crippen molar-refractivity contribution in [1.82, 2.24) is 10.2 Å². The van der Waals surface area contributed by atoms with Gasteiger partial charge in [0.05, 0.1) is 17.1 Å². The molecule has 0 amide bonds. The van der Waals surface area contributed by atoms with Gasteiger partial charge in [-0.15, -0.1) is 5.10 Å². The topological polar surface area (TPSA) is 116 Å². The van der Waals surface area contributed by atoms with Gasteiger partial charge in [0.15, 0.2) is 0 Å². The summed E-state index contributed by atoms with van der Waals surface area (Å²) in [4.78, 5) is 10.0. The summed E-state index contributed by atoms with van der Waals surface area (Å²) in [6.07, 6.45) is -1.76. The summed E-state index contributed by atoms with van der Waals surface area (Å²) in [7, 11) is -3.95. The number of hydrogen-bond donors (Lipinski definition) is 0. The molecule has 0 unspecified atom stereocenters. The van der Waals surface area contributed by atoms with Crippen molar-refractivity contribution in [2.45, 2.75) is 18.1 Å². The Kier molecular flexibility index (Phi) is 5.34. The van der Waals surface area contributed by atoms with Crippen LogP contribution in [-0.4, -0.2) is 29.3 Å². The molecule has 0 N–H and O–H groups in total. The zero-order valence-electron chi connectivity index (χ0n) is 12.1. The largest absolute Gasteiger partial charge is 0.412 e. The first kappa shape index (κ1) is 17.7. The first-order valence-corrected chi connectivity index (χ1v) is 8.23. The molecule has 128 valence electrons. The van der Waals surface area contributed by atoms with E-state index in [1.165, 1.54) is 24.3 Å². The molecule has 2 rings (SSSR count). The third-order valence-corrected chi connectivity index (χ3v) is 4.37. The standard InChI is InChI=1S/C13H11F2N3O5S/c14-11(15)2-1-7-24(21,22)13-17-16-12(23-13)8-9-3-5-10(6-4-9)18(19)20/h2-6H,1,7-8H2. The van der Waals surface area contributed by atoms with E-state index in [1.807, 2.05) is 0 Å². The van der Waals surface area contributed by atoms with Gasteiger partial charge in [-0.1, -0.05) is 17.2 Å². The zero-order chi connectivity index (χ0) is 17.7. The molecule has 0 aliphatic carbocycles. The molecule has 0 aliphatic rings. The van der Waals surface area contributed by atoms with E-state index in [0.29, 0.717) is 11.6 Å². The maximum Gasteiger partial charge on any atom is 0.335 e. The molecule has 11 heteroatoms. The summed E-state index contributed by atoms with van der Waals surface area (Å²) in [5.74, 6) is -0.585. The molecule has 0 fully saturated rings. The van der Waals surface area contributed by atoms with Crippen LogP contribution in [0.15, 0.2) is 46.1 Å². The molecule has 0 atom stereocenters. The number of benzene rings is 1. The number of hydrogen-bond acceptors (Lipinski definition) is 7. The maximum atomic E-state index is 11.9. The fourth-order valence-electron chi connectivity index (χ4n) is 1.76. The van der Waals surface area contributed by atoms with Crippen LogP contribution in [0.4, 0.5) is 14.5 Å². The fraction of sp³-hybridized carbons (Fsp3) is 0.231. The fourth-order valence-corrected chi connectivity index (χ4v) is 2.75. The van der Waals surface area contributed by atoms with Crippen LogP contribution in [0.3, 0.4) is 0 Å². The summed E-state index contributed by atoms with van der Waals surface area (Å²) in [6.45, 7) is 0. The number of halogens is 2. The van der Waals surface area contributed by atoms with Crippen LogP contribution in [-0.2, 0) is 16.3 Å². The van der Waals surface area contributed by atoms with Crippen LogP contribution in [0.5, 0.6) is 0 Å². The predicted octanol–water partition coefficient (Wildman–Crippen LogP) is 2.51. The number of rotatable bonds is 7. The van der Waals surface area contributed by atoms with Crippen LogP contribution >= 0.6 is 0 Å². The van der Waals surface area contributed by atoms with E-state index < -0.39 is 31.8 Å². The summed E-state index contributed by atoms with van der Waals surface area (Å²) >= 11 is 0. The molecule has 0 bridgehead atoms. The summed E-state index contributed by atoms with van der Waals surface area (Å²) in [5, 5.41) is 16.9. The van der Waals surface area contributed by atoms with E-state index in [9.17, 15) is 27.3 Å². The molecular formula is C13H11F2N3O5S. The third kappa shape index (κ3) is 4.65. The Hall–Kier alpha value is -2.69. The van der Waals surface area contributed by atoms with Gasteiger partial charge in [-0.2, -0.15) is 8.78 Å². The lowest BCUT2D eigenvalue weighted by Crippen LogP contribution is -2.06. The summed E-state index contributed by atoms with van der Waals surface area (Å²) < 4.78 is 52.6. The molecule has 24 heavy (non-hydrogen) atoms. The lowest BCUT2D eigenvalue weighted by atomic mass is 10.1. The minimum absolute atomic E-state index is 0.00496. The van der Waals surface area contributed by atoms with E-state index in [1.54, 1.807) is 0 Å². The highest BCUT2D eigenvalue weighted by atomic mass is 32.2. The lowest BCUT2D eigenvalue weighted by Gasteiger charge is -1.97. The highest BCUT2D eigenvalue weighted by Gasteiger charge is 2.22. The molecule has 0 radical (unpaired) electrons. The van der Waals surface area contributed by atoms with Crippen LogP contribution in [0.2, 0.25) is 0 Å². The normalized spacial score (nSPS) is 11.2. The van der Waals surface area contributed by atoms with Crippen molar-refractivity contribution in [3.8, 4) is 0 Å². The van der Waals surface area contributed by atoms with Crippen molar-refractivity contribution in [2.75, 3.05) is 5.75 Å². The van der Waals surface area contributed by atoms with E-state index in [-0.39, 0.29) is 24.4 Å². The Balaban J connectivity index is 2.07. The Bertz CT molecular complexity index is 858. The van der Waals surface area contributed by atoms with Crippen LogP contribution < -0.4 is 0 Å². The monoisotopic (exact) mass is 359 g/mol. The van der Waals surface area contributed by atoms with Crippen LogP contribution in [0, 0.1) is 10.1 Å². The molecule has 0 saturated heterocycles. The maximum absolute atomic E-state index is 11.9. The minimum Gasteiger partial charge on any atom is -0.412 e. The van der Waals surface area contributed by atoms with Crippen molar-refractivity contribution in [3.63, 3.8) is 0 Å². The van der Waals surface area contributed by atoms with Gasteiger partial charge in [0.1, 0.15) is 0 Å². The number of sulfone groups is 1. The van der Waals surface area contributed by atoms with Gasteiger partial charge in [-0.05, 0) is 18.1 Å². The second-order valence-corrected chi connectivity index (χ2v) is 6.65. The average molecular weight is 359 g/mol. The Morgan fingerprint density at radius 1 is 1.25 bits per heavy atom. The average Bonchev–Trinajstić information content (AvgIpc) is 2.96. The smallest absolute Gasteiger partial charge is 0.335 e. The van der Waals surface area contributed by atoms with Crippen LogP contribution in [0.25, 0.3) is 0 Å². The molecular weight excluding hydrogens is 348 g/mol. The first-order valence-electron chi connectivity index (χ1n) is 6.57. The van der Waals surface area contributed by atoms with Gasteiger partial charge in [0.25, 0.3) is 11.8 Å². The van der Waals surface area contributed by atoms with Crippen LogP contribution in [0.1, 0.15) is 17.9 Å². The second kappa shape index (κ2) is 7.25. The highest BCUT2D eigenvalue weighted by Crippen LogP contribution is 2.17. The van der Waals surface area contributed by atoms with Crippen molar-refractivity contribution in [2.24, 2.45) is 0 Å². The van der Waals surface area contributed by atoms with Crippen molar-refractivity contribution in [1.29, 1.82) is 0 Å². The van der Waals surface area contributed by atoms with E-state index >= 15 is 0 Å². The molecule has 0 aliphatic heterocycles. The van der Waals surface area contributed by atoms with E-state index in [4.69, 9.17) is 4.42 Å². The molecule has 0 spiro atoms. The lowest BCUT2D eigenvalue weighted by molar-refractivity contribution is -0.384. The number of aromatic nitrogens is 2. The molecule has 1 heterocycles. The van der Waals surface area contributed by atoms with Gasteiger partial charge in [0.2, 0.25) is 15.7 Å². The SMILES string of the molecule is O=[N+]([O-])c1ccc(Cc2nnc(S(=O)(=O)CCC=C(F)F)o2)cc1. The summed E-state index contributed by atoms with van der Waals surface area (Å²) in [5.41, 5.74) is 0.524. The first-order chi connectivity index (χ1) is 11.3. The molecule has 1 aromatic heterocycles. The number of nitro benzene ring substituents is 1. The van der Waals surface area contributed by atoms with Gasteiger partial charge >= 0.3 is 5.22 Å². The molecule has 0 saturated carbocycles. The Morgan fingerprint density at radius 3 is 2.50 bits per heavy atom. The Morgan fingerprint density at radius 2 is 1.92 bits per heavy atom. The predicted molar refractivity (Wildman–Crippen MR) is 77.2 cm³/mol. The molecule has 2 aromatic rings. The second-order valence-electron chi connectivity index (χ2n) is 4.66. The zero-order valence-corrected chi connectivity index (χ0v) is 12.9. The number of nitrogens with zero attached hydrogens (tertiary/aromatic N) is 3. The van der Waals surface area contributed by atoms with Crippen molar-refractivity contribution in [3.05, 3.63) is 58.0 Å². The van der Waals surface area contributed by atoms with E-state index in [2.05, 4.69) is 10.2 Å². The minimum atomic E-state index is -3.95. The van der Waals surface area contributed by atoms with E-state index in [0.717, 1.165) is 0 Å². The Labute approximate surface area is 134 Å². The van der Waals surface area contributed by atoms with Gasteiger partial charge in [0, 0.05) is 12.1 Å². The number of allylic oxidation sites excluding steroid dienone is 1.